The Kier molecular flexibility index (Phi) is 67.2. The minimum atomic E-state index is -2.33. The Morgan fingerprint density at radius 3 is 0.727 bits per heavy atom. The first kappa shape index (κ1) is 32.2. The zero-order chi connectivity index (χ0) is 7.15. The van der Waals surface area contributed by atoms with Crippen LogP contribution in [0.25, 0.3) is 0 Å². The molecule has 0 amide bonds. The van der Waals surface area contributed by atoms with Crippen molar-refractivity contribution < 1.29 is 49.5 Å². The summed E-state index contributed by atoms with van der Waals surface area (Å²) < 4.78 is 0. The van der Waals surface area contributed by atoms with Crippen molar-refractivity contribution in [1.82, 2.24) is 12.3 Å². The topological polar surface area (TPSA) is 199 Å². The van der Waals surface area contributed by atoms with E-state index < -0.39 is 12.3 Å². The molecule has 0 unspecified atom stereocenters. The number of carbonyl (C=O) groups is 2. The Bertz CT molecular complexity index is 76.6. The molecule has 0 aromatic carbocycles. The van der Waals surface area contributed by atoms with Gasteiger partial charge in [0.15, 0.2) is 0 Å². The molecule has 0 spiro atoms. The third kappa shape index (κ3) is 542. The number of hydrogen-bond acceptors (Lipinski definition) is 6. The van der Waals surface area contributed by atoms with E-state index in [4.69, 9.17) is 30.0 Å². The molecular weight excluding hydrogens is 213 g/mol. The van der Waals surface area contributed by atoms with Crippen LogP contribution in [0.5, 0.6) is 0 Å². The molecule has 0 aliphatic rings. The van der Waals surface area contributed by atoms with Gasteiger partial charge in [0, 0.05) is 0 Å². The van der Waals surface area contributed by atoms with E-state index in [1.807, 2.05) is 0 Å². The van der Waals surface area contributed by atoms with Gasteiger partial charge in [0.1, 0.15) is 0 Å². The quantitative estimate of drug-likeness (QED) is 0.389. The molecule has 0 heterocycles. The molecule has 9 heteroatoms. The minimum Gasteiger partial charge on any atom is -0.652 e. The first-order chi connectivity index (χ1) is 3.46. The van der Waals surface area contributed by atoms with Crippen LogP contribution in [0.3, 0.4) is 0 Å². The van der Waals surface area contributed by atoms with Gasteiger partial charge in [0.05, 0.1) is 0 Å². The van der Waals surface area contributed by atoms with Crippen molar-refractivity contribution in [3.8, 4) is 0 Å². The second-order valence-electron chi connectivity index (χ2n) is 0.500. The molecule has 8 N–H and O–H groups in total. The average molecular weight is 221 g/mol. The second kappa shape index (κ2) is 23.0. The van der Waals surface area contributed by atoms with Crippen LogP contribution in [-0.4, -0.2) is 12.3 Å². The number of carboxylic acid groups (broad SMARTS) is 4. The van der Waals surface area contributed by atoms with Crippen molar-refractivity contribution in [2.24, 2.45) is 0 Å². The molecule has 0 radical (unpaired) electrons. The van der Waals surface area contributed by atoms with Gasteiger partial charge in [-0.1, -0.05) is 0 Å². The van der Waals surface area contributed by atoms with Gasteiger partial charge in [-0.25, -0.2) is 0 Å². The number of rotatable bonds is 0. The third-order valence-electron chi connectivity index (χ3n) is 0. The Morgan fingerprint density at radius 1 is 0.727 bits per heavy atom. The summed E-state index contributed by atoms with van der Waals surface area (Å²) in [6.45, 7) is 0. The van der Waals surface area contributed by atoms with Crippen molar-refractivity contribution in [1.29, 1.82) is 0 Å². The summed E-state index contributed by atoms with van der Waals surface area (Å²) in [4.78, 5) is 16.7. The van der Waals surface area contributed by atoms with Gasteiger partial charge >= 0.3 is 19.5 Å². The predicted molar refractivity (Wildman–Crippen MR) is 22.8 cm³/mol. The fourth-order valence-corrected chi connectivity index (χ4v) is 0. The standard InChI is InChI=1S/2CH2O3.2H3N.Zn/c2*2-1(3)4;;;/h2*(H2,2,3,4);2*1H3;/q;;;;+2/p-2. The van der Waals surface area contributed by atoms with Crippen molar-refractivity contribution in [2.75, 3.05) is 0 Å². The summed E-state index contributed by atoms with van der Waals surface area (Å²) in [6, 6.07) is 0. The van der Waals surface area contributed by atoms with Gasteiger partial charge in [0.2, 0.25) is 0 Å². The van der Waals surface area contributed by atoms with Gasteiger partial charge in [-0.2, -0.15) is 0 Å². The smallest absolute Gasteiger partial charge is 0.652 e. The summed E-state index contributed by atoms with van der Waals surface area (Å²) in [5.74, 6) is 0. The molecule has 11 heavy (non-hydrogen) atoms. The first-order valence-electron chi connectivity index (χ1n) is 1.22. The van der Waals surface area contributed by atoms with Gasteiger partial charge in [-0.15, -0.1) is 0 Å². The molecule has 0 saturated heterocycles. The average Bonchev–Trinajstić information content (AvgIpc) is 1.25. The Labute approximate surface area is 74.8 Å². The largest absolute Gasteiger partial charge is 2.00 e. The van der Waals surface area contributed by atoms with Crippen LogP contribution >= 0.6 is 0 Å². The molecule has 0 bridgehead atoms. The maximum Gasteiger partial charge on any atom is 2.00 e. The fraction of sp³-hybridized carbons (Fsp3) is 0. The SMILES string of the molecule is O=C([O-])[O-].O=C([O-])[O-].[NH4+].[NH4+].[Zn+2]. The van der Waals surface area contributed by atoms with Crippen molar-refractivity contribution in [3.05, 3.63) is 0 Å². The van der Waals surface area contributed by atoms with Crippen LogP contribution in [0.2, 0.25) is 0 Å². The van der Waals surface area contributed by atoms with Crippen LogP contribution < -0.4 is 32.7 Å². The van der Waals surface area contributed by atoms with E-state index >= 15 is 0 Å². The summed E-state index contributed by atoms with van der Waals surface area (Å²) in [5.41, 5.74) is 0. The van der Waals surface area contributed by atoms with E-state index in [0.29, 0.717) is 0 Å². The van der Waals surface area contributed by atoms with Crippen LogP contribution in [-0.2, 0) is 19.5 Å². The third-order valence-corrected chi connectivity index (χ3v) is 0. The van der Waals surface area contributed by atoms with Gasteiger partial charge in [0.25, 0.3) is 0 Å². The number of carbonyl (C=O) groups excluding carboxylic acids is 2. The van der Waals surface area contributed by atoms with Crippen LogP contribution in [0.1, 0.15) is 0 Å². The van der Waals surface area contributed by atoms with E-state index in [-0.39, 0.29) is 31.8 Å². The van der Waals surface area contributed by atoms with Crippen molar-refractivity contribution in [2.45, 2.75) is 0 Å². The first-order valence-corrected chi connectivity index (χ1v) is 1.22. The number of hydrogen-bond donors (Lipinski definition) is 2. The van der Waals surface area contributed by atoms with E-state index in [0.717, 1.165) is 0 Å². The molecule has 64 valence electrons. The molecule has 0 rings (SSSR count). The predicted octanol–water partition coefficient (Wildman–Crippen LogP) is -4.14. The molecule has 0 atom stereocenters. The molecule has 0 aliphatic heterocycles. The molecule has 0 aliphatic carbocycles. The van der Waals surface area contributed by atoms with Crippen LogP contribution in [0, 0.1) is 0 Å². The maximum absolute atomic E-state index is 8.33. The Balaban J connectivity index is -0.0000000171. The second-order valence-corrected chi connectivity index (χ2v) is 0.500. The molecule has 0 aromatic rings. The Morgan fingerprint density at radius 2 is 0.727 bits per heavy atom. The molecule has 0 saturated carbocycles. The summed E-state index contributed by atoms with van der Waals surface area (Å²) in [7, 11) is 0. The molecular formula is C2H8N2O6Zn. The summed E-state index contributed by atoms with van der Waals surface area (Å²) in [5, 5.41) is 33.3. The summed E-state index contributed by atoms with van der Waals surface area (Å²) in [6.07, 6.45) is -4.67. The Hall–Kier alpha value is -0.917. The fourth-order valence-electron chi connectivity index (χ4n) is 0. The van der Waals surface area contributed by atoms with Crippen molar-refractivity contribution in [3.63, 3.8) is 0 Å². The van der Waals surface area contributed by atoms with Gasteiger partial charge in [-0.3, -0.25) is 0 Å². The monoisotopic (exact) mass is 220 g/mol. The maximum atomic E-state index is 8.33. The summed E-state index contributed by atoms with van der Waals surface area (Å²) >= 11 is 0. The van der Waals surface area contributed by atoms with Crippen LogP contribution in [0.15, 0.2) is 0 Å². The van der Waals surface area contributed by atoms with Gasteiger partial charge in [-0.05, 0) is 12.3 Å². The normalized spacial score (nSPS) is 4.36. The van der Waals surface area contributed by atoms with E-state index in [9.17, 15) is 0 Å². The molecule has 0 fully saturated rings. The zero-order valence-corrected chi connectivity index (χ0v) is 9.12. The minimum absolute atomic E-state index is 0. The van der Waals surface area contributed by atoms with Crippen molar-refractivity contribution >= 4 is 12.3 Å². The molecule has 0 aromatic heterocycles. The van der Waals surface area contributed by atoms with E-state index in [1.165, 1.54) is 0 Å². The molecule has 8 nitrogen and oxygen atoms in total. The van der Waals surface area contributed by atoms with Crippen LogP contribution in [0.4, 0.5) is 9.59 Å². The van der Waals surface area contributed by atoms with E-state index in [1.54, 1.807) is 0 Å². The van der Waals surface area contributed by atoms with E-state index in [2.05, 4.69) is 0 Å². The zero-order valence-electron chi connectivity index (χ0n) is 6.16. The number of quaternary nitrogens is 2. The van der Waals surface area contributed by atoms with Gasteiger partial charge < -0.3 is 42.3 Å².